The molecule has 1 aliphatic rings. The third-order valence-electron chi connectivity index (χ3n) is 8.29. The molecule has 1 saturated heterocycles. The minimum atomic E-state index is -1.59. The number of amides is 2. The summed E-state index contributed by atoms with van der Waals surface area (Å²) < 4.78 is 5.80. The molecule has 6 atom stereocenters. The van der Waals surface area contributed by atoms with Crippen molar-refractivity contribution >= 4 is 28.8 Å². The highest BCUT2D eigenvalue weighted by Crippen LogP contribution is 2.26. The van der Waals surface area contributed by atoms with E-state index in [1.54, 1.807) is 0 Å². The van der Waals surface area contributed by atoms with Crippen LogP contribution in [0.3, 0.4) is 0 Å². The number of H-pyrrole nitrogens is 1. The monoisotopic (exact) mass is 635 g/mol. The fraction of sp³-hybridized carbons (Fsp3) is 0.774. The molecule has 45 heavy (non-hydrogen) atoms. The Bertz CT molecular complexity index is 1140. The number of ether oxygens (including phenoxy) is 1. The summed E-state index contributed by atoms with van der Waals surface area (Å²) >= 11 is 0. The molecule has 2 aromatic heterocycles. The van der Waals surface area contributed by atoms with E-state index in [-0.39, 0.29) is 18.3 Å². The van der Waals surface area contributed by atoms with Crippen molar-refractivity contribution in [2.75, 3.05) is 18.5 Å². The van der Waals surface area contributed by atoms with Crippen LogP contribution in [-0.4, -0.2) is 102 Å². The average Bonchev–Trinajstić information content (AvgIpc) is 3.53. The van der Waals surface area contributed by atoms with Crippen molar-refractivity contribution in [3.05, 3.63) is 12.7 Å². The Kier molecular flexibility index (Phi) is 16.5. The number of rotatable bonds is 22. The summed E-state index contributed by atoms with van der Waals surface area (Å²) in [4.78, 5) is 40.0. The van der Waals surface area contributed by atoms with Crippen LogP contribution in [0, 0.1) is 0 Å². The summed E-state index contributed by atoms with van der Waals surface area (Å²) in [7, 11) is 0. The van der Waals surface area contributed by atoms with E-state index in [2.05, 4.69) is 42.8 Å². The predicted octanol–water partition coefficient (Wildman–Crippen LogP) is 2.04. The quantitative estimate of drug-likeness (QED) is 0.0876. The fourth-order valence-corrected chi connectivity index (χ4v) is 5.63. The van der Waals surface area contributed by atoms with Crippen molar-refractivity contribution in [1.82, 2.24) is 30.6 Å². The van der Waals surface area contributed by atoms with E-state index in [9.17, 15) is 30.0 Å². The van der Waals surface area contributed by atoms with Crippen LogP contribution in [0.15, 0.2) is 12.7 Å². The molecule has 14 nitrogen and oxygen atoms in total. The Hall–Kier alpha value is -2.91. The van der Waals surface area contributed by atoms with E-state index in [4.69, 9.17) is 4.74 Å². The molecule has 3 rings (SSSR count). The minimum absolute atomic E-state index is 0.231. The second kappa shape index (κ2) is 20.3. The third-order valence-corrected chi connectivity index (χ3v) is 8.29. The molecule has 3 heterocycles. The Labute approximate surface area is 265 Å². The standard InChI is InChI=1S/C31H53N7O7/c1-2-3-4-5-6-7-8-9-10-11-12-13-14-15-16-22(41)32-17-23(42)37-24-26(43)27(44)31(45-28(24)21(40)18-39)38-30-25-29(34-19-33-25)35-20-36-30/h19-21,24,26-28,31,39-40,43-44H,2-18H2,1H3,(H,32,41)(H,37,42)(H2,33,34,35,36,38)/t21-,24+,26+,27+,28-,31-/m0/s1. The molecule has 0 radical (unpaired) electrons. The van der Waals surface area contributed by atoms with E-state index in [1.165, 1.54) is 83.3 Å². The van der Waals surface area contributed by atoms with Gasteiger partial charge in [0.2, 0.25) is 11.8 Å². The first-order chi connectivity index (χ1) is 21.8. The maximum Gasteiger partial charge on any atom is 0.239 e. The van der Waals surface area contributed by atoms with Gasteiger partial charge in [0.05, 0.1) is 25.5 Å². The summed E-state index contributed by atoms with van der Waals surface area (Å²) in [6.07, 6.45) is 13.0. The number of fused-ring (bicyclic) bond motifs is 1. The molecule has 1 aliphatic heterocycles. The molecule has 0 unspecified atom stereocenters. The lowest BCUT2D eigenvalue weighted by atomic mass is 9.92. The number of unbranched alkanes of at least 4 members (excludes halogenated alkanes) is 13. The van der Waals surface area contributed by atoms with Gasteiger partial charge in [-0.15, -0.1) is 0 Å². The van der Waals surface area contributed by atoms with Gasteiger partial charge in [0, 0.05) is 6.42 Å². The highest BCUT2D eigenvalue weighted by molar-refractivity contribution is 5.85. The van der Waals surface area contributed by atoms with Crippen LogP contribution < -0.4 is 16.0 Å². The summed E-state index contributed by atoms with van der Waals surface area (Å²) in [5.74, 6) is -0.661. The normalized spacial score (nSPS) is 22.3. The van der Waals surface area contributed by atoms with Crippen LogP contribution in [0.5, 0.6) is 0 Å². The molecule has 2 amide bonds. The second-order valence-electron chi connectivity index (χ2n) is 11.9. The maximum atomic E-state index is 12.7. The zero-order chi connectivity index (χ0) is 32.4. The van der Waals surface area contributed by atoms with Crippen molar-refractivity contribution < 1.29 is 34.8 Å². The highest BCUT2D eigenvalue weighted by Gasteiger charge is 2.48. The number of aliphatic hydroxyl groups excluding tert-OH is 4. The van der Waals surface area contributed by atoms with Gasteiger partial charge in [-0.05, 0) is 6.42 Å². The van der Waals surface area contributed by atoms with E-state index in [0.717, 1.165) is 19.3 Å². The number of aromatic amines is 1. The Morgan fingerprint density at radius 3 is 2.13 bits per heavy atom. The molecule has 254 valence electrons. The van der Waals surface area contributed by atoms with Crippen LogP contribution >= 0.6 is 0 Å². The first-order valence-corrected chi connectivity index (χ1v) is 16.6. The lowest BCUT2D eigenvalue weighted by Crippen LogP contribution is -2.68. The lowest BCUT2D eigenvalue weighted by Gasteiger charge is -2.44. The number of aromatic nitrogens is 4. The van der Waals surface area contributed by atoms with Gasteiger partial charge in [-0.2, -0.15) is 0 Å². The van der Waals surface area contributed by atoms with Crippen molar-refractivity contribution in [3.63, 3.8) is 0 Å². The third kappa shape index (κ3) is 12.1. The van der Waals surface area contributed by atoms with E-state index in [0.29, 0.717) is 17.6 Å². The van der Waals surface area contributed by atoms with Crippen LogP contribution in [0.4, 0.5) is 5.82 Å². The van der Waals surface area contributed by atoms with Gasteiger partial charge in [-0.1, -0.05) is 90.4 Å². The number of nitrogens with one attached hydrogen (secondary N) is 4. The largest absolute Gasteiger partial charge is 0.394 e. The van der Waals surface area contributed by atoms with E-state index >= 15 is 0 Å². The van der Waals surface area contributed by atoms with Crippen LogP contribution in [0.2, 0.25) is 0 Å². The summed E-state index contributed by atoms with van der Waals surface area (Å²) in [5.41, 5.74) is 0.795. The molecule has 0 aliphatic carbocycles. The lowest BCUT2D eigenvalue weighted by molar-refractivity contribution is -0.204. The number of carbonyl (C=O) groups excluding carboxylic acids is 2. The summed E-state index contributed by atoms with van der Waals surface area (Å²) in [6, 6.07) is -1.27. The van der Waals surface area contributed by atoms with E-state index < -0.39 is 49.2 Å². The Morgan fingerprint density at radius 2 is 1.51 bits per heavy atom. The van der Waals surface area contributed by atoms with Crippen LogP contribution in [0.1, 0.15) is 103 Å². The predicted molar refractivity (Wildman–Crippen MR) is 169 cm³/mol. The zero-order valence-electron chi connectivity index (χ0n) is 26.5. The molecule has 0 aromatic carbocycles. The van der Waals surface area contributed by atoms with Gasteiger partial charge in [0.25, 0.3) is 0 Å². The van der Waals surface area contributed by atoms with Gasteiger partial charge in [-0.25, -0.2) is 15.0 Å². The number of hydrogen-bond donors (Lipinski definition) is 8. The number of anilines is 1. The molecule has 0 saturated carbocycles. The van der Waals surface area contributed by atoms with E-state index in [1.807, 2.05) is 0 Å². The van der Waals surface area contributed by atoms with Crippen molar-refractivity contribution in [3.8, 4) is 0 Å². The number of carbonyl (C=O) groups is 2. The van der Waals surface area contributed by atoms with Crippen molar-refractivity contribution in [1.29, 1.82) is 0 Å². The molecule has 2 aromatic rings. The second-order valence-corrected chi connectivity index (χ2v) is 11.9. The molecule has 8 N–H and O–H groups in total. The molecular weight excluding hydrogens is 582 g/mol. The number of aliphatic hydroxyl groups is 4. The molecular formula is C31H53N7O7. The van der Waals surface area contributed by atoms with Crippen molar-refractivity contribution in [2.24, 2.45) is 0 Å². The number of nitrogens with zero attached hydrogens (tertiary/aromatic N) is 3. The average molecular weight is 636 g/mol. The molecule has 1 fully saturated rings. The minimum Gasteiger partial charge on any atom is -0.394 e. The Morgan fingerprint density at radius 1 is 0.889 bits per heavy atom. The van der Waals surface area contributed by atoms with Crippen molar-refractivity contribution in [2.45, 2.75) is 140 Å². The van der Waals surface area contributed by atoms with Gasteiger partial charge in [0.15, 0.2) is 17.7 Å². The smallest absolute Gasteiger partial charge is 0.239 e. The maximum absolute atomic E-state index is 12.7. The first kappa shape index (κ1) is 36.6. The number of imidazole rings is 1. The zero-order valence-corrected chi connectivity index (χ0v) is 26.5. The first-order valence-electron chi connectivity index (χ1n) is 16.6. The SMILES string of the molecule is CCCCCCCCCCCCCCCCC(=O)NCC(=O)N[C@@H]1[C@@H](O)[C@@H](O)[C@@H](Nc2ncnc3nc[nH]c23)O[C@H]1[C@@H](O)CO. The topological polar surface area (TPSA) is 215 Å². The molecule has 0 bridgehead atoms. The fourth-order valence-electron chi connectivity index (χ4n) is 5.63. The molecule has 14 heteroatoms. The van der Waals surface area contributed by atoms with Crippen LogP contribution in [-0.2, 0) is 14.3 Å². The Balaban J connectivity index is 1.32. The van der Waals surface area contributed by atoms with Gasteiger partial charge >= 0.3 is 0 Å². The molecule has 0 spiro atoms. The summed E-state index contributed by atoms with van der Waals surface area (Å²) in [5, 5.41) is 49.6. The van der Waals surface area contributed by atoms with Gasteiger partial charge < -0.3 is 46.1 Å². The van der Waals surface area contributed by atoms with Gasteiger partial charge in [-0.3, -0.25) is 9.59 Å². The number of hydrogen-bond acceptors (Lipinski definition) is 11. The van der Waals surface area contributed by atoms with Gasteiger partial charge in [0.1, 0.15) is 36.3 Å². The summed E-state index contributed by atoms with van der Waals surface area (Å²) in [6.45, 7) is 1.17. The van der Waals surface area contributed by atoms with Crippen LogP contribution in [0.25, 0.3) is 11.2 Å². The highest BCUT2D eigenvalue weighted by atomic mass is 16.5.